The van der Waals surface area contributed by atoms with Crippen LogP contribution in [0.1, 0.15) is 48.0 Å². The van der Waals surface area contributed by atoms with E-state index in [-0.39, 0.29) is 0 Å². The Morgan fingerprint density at radius 3 is 2.81 bits per heavy atom. The Balaban J connectivity index is 2.07. The summed E-state index contributed by atoms with van der Waals surface area (Å²) in [6.45, 7) is 9.46. The Labute approximate surface area is 141 Å². The van der Waals surface area contributed by atoms with Crippen molar-refractivity contribution in [3.8, 4) is 0 Å². The first-order valence-corrected chi connectivity index (χ1v) is 10.4. The summed E-state index contributed by atoms with van der Waals surface area (Å²) >= 11 is 6.03. The third kappa shape index (κ3) is 4.86. The zero-order chi connectivity index (χ0) is 15.2. The quantitative estimate of drug-likeness (QED) is 0.752. The number of rotatable bonds is 7. The number of hydrogen-bond acceptors (Lipinski definition) is 6. The standard InChI is InChI=1S/C15H26N2OS3/c1-5-6-16-7-13-12(8-18-4)17-15(21-13)14-9-19-10(2)11(3)20-14/h10-11,14,16H,5-9H2,1-4H3. The van der Waals surface area contributed by atoms with Crippen molar-refractivity contribution in [1.29, 1.82) is 0 Å². The minimum absolute atomic E-state index is 0.543. The minimum Gasteiger partial charge on any atom is -0.378 e. The average molecular weight is 347 g/mol. The third-order valence-electron chi connectivity index (χ3n) is 3.61. The van der Waals surface area contributed by atoms with Crippen molar-refractivity contribution in [3.05, 3.63) is 15.6 Å². The van der Waals surface area contributed by atoms with Gasteiger partial charge in [0.25, 0.3) is 0 Å². The summed E-state index contributed by atoms with van der Waals surface area (Å²) in [6.07, 6.45) is 1.16. The van der Waals surface area contributed by atoms with Crippen LogP contribution in [0.5, 0.6) is 0 Å². The van der Waals surface area contributed by atoms with E-state index in [4.69, 9.17) is 9.72 Å². The van der Waals surface area contributed by atoms with E-state index in [0.29, 0.717) is 17.1 Å². The second kappa shape index (κ2) is 8.77. The zero-order valence-corrected chi connectivity index (χ0v) is 15.8. The van der Waals surface area contributed by atoms with Crippen LogP contribution in [-0.2, 0) is 17.9 Å². The Morgan fingerprint density at radius 1 is 1.33 bits per heavy atom. The molecule has 0 saturated carbocycles. The van der Waals surface area contributed by atoms with E-state index in [1.54, 1.807) is 7.11 Å². The third-order valence-corrected chi connectivity index (χ3v) is 8.37. The van der Waals surface area contributed by atoms with Crippen molar-refractivity contribution in [2.75, 3.05) is 19.4 Å². The van der Waals surface area contributed by atoms with Crippen LogP contribution in [0.4, 0.5) is 0 Å². The smallest absolute Gasteiger partial charge is 0.107 e. The van der Waals surface area contributed by atoms with Crippen LogP contribution in [0.15, 0.2) is 0 Å². The van der Waals surface area contributed by atoms with Crippen LogP contribution >= 0.6 is 34.9 Å². The number of methoxy groups -OCH3 is 1. The number of thiazole rings is 1. The van der Waals surface area contributed by atoms with Gasteiger partial charge in [0.15, 0.2) is 0 Å². The van der Waals surface area contributed by atoms with Gasteiger partial charge in [-0.05, 0) is 13.0 Å². The molecule has 0 amide bonds. The van der Waals surface area contributed by atoms with Gasteiger partial charge in [-0.2, -0.15) is 11.8 Å². The van der Waals surface area contributed by atoms with Crippen molar-refractivity contribution in [1.82, 2.24) is 10.3 Å². The van der Waals surface area contributed by atoms with Crippen LogP contribution in [-0.4, -0.2) is 34.9 Å². The molecule has 6 heteroatoms. The van der Waals surface area contributed by atoms with E-state index >= 15 is 0 Å². The van der Waals surface area contributed by atoms with Gasteiger partial charge in [-0.3, -0.25) is 0 Å². The maximum Gasteiger partial charge on any atom is 0.107 e. The van der Waals surface area contributed by atoms with Gasteiger partial charge in [-0.15, -0.1) is 23.1 Å². The van der Waals surface area contributed by atoms with Gasteiger partial charge in [0.1, 0.15) is 5.01 Å². The highest BCUT2D eigenvalue weighted by molar-refractivity contribution is 8.07. The summed E-state index contributed by atoms with van der Waals surface area (Å²) < 4.78 is 5.32. The summed E-state index contributed by atoms with van der Waals surface area (Å²) in [5.74, 6) is 1.18. The van der Waals surface area contributed by atoms with Crippen molar-refractivity contribution in [3.63, 3.8) is 0 Å². The van der Waals surface area contributed by atoms with Gasteiger partial charge in [0, 0.05) is 34.8 Å². The molecule has 1 aromatic heterocycles. The molecule has 3 nitrogen and oxygen atoms in total. The lowest BCUT2D eigenvalue weighted by molar-refractivity contribution is 0.181. The van der Waals surface area contributed by atoms with Crippen molar-refractivity contribution < 1.29 is 4.74 Å². The SMILES string of the molecule is CCCNCc1sc(C2CSC(C)C(C)S2)nc1COC. The van der Waals surface area contributed by atoms with Gasteiger partial charge in [-0.25, -0.2) is 4.98 Å². The molecule has 0 bridgehead atoms. The van der Waals surface area contributed by atoms with Gasteiger partial charge in [-0.1, -0.05) is 20.8 Å². The highest BCUT2D eigenvalue weighted by atomic mass is 32.2. The molecule has 0 radical (unpaired) electrons. The first kappa shape index (κ1) is 17.6. The molecular formula is C15H26N2OS3. The number of thioether (sulfide) groups is 2. The molecule has 0 aliphatic carbocycles. The second-order valence-corrected chi connectivity index (χ2v) is 9.51. The molecule has 1 N–H and O–H groups in total. The van der Waals surface area contributed by atoms with E-state index in [1.807, 2.05) is 11.3 Å². The molecule has 3 atom stereocenters. The molecule has 1 fully saturated rings. The van der Waals surface area contributed by atoms with E-state index in [1.165, 1.54) is 15.6 Å². The molecule has 3 unspecified atom stereocenters. The lowest BCUT2D eigenvalue weighted by atomic mass is 10.3. The number of nitrogens with zero attached hydrogens (tertiary/aromatic N) is 1. The van der Waals surface area contributed by atoms with Crippen molar-refractivity contribution >= 4 is 34.9 Å². The molecule has 2 heterocycles. The summed E-state index contributed by atoms with van der Waals surface area (Å²) in [5, 5.41) is 6.76. The number of ether oxygens (including phenoxy) is 1. The second-order valence-electron chi connectivity index (χ2n) is 5.40. The van der Waals surface area contributed by atoms with Gasteiger partial charge >= 0.3 is 0 Å². The molecule has 2 rings (SSSR count). The maximum atomic E-state index is 5.32. The van der Waals surface area contributed by atoms with Crippen LogP contribution < -0.4 is 5.32 Å². The molecule has 1 aromatic rings. The number of nitrogens with one attached hydrogen (secondary N) is 1. The van der Waals surface area contributed by atoms with Crippen LogP contribution in [0, 0.1) is 0 Å². The highest BCUT2D eigenvalue weighted by Crippen LogP contribution is 2.45. The summed E-state index contributed by atoms with van der Waals surface area (Å²) in [6, 6.07) is 0. The minimum atomic E-state index is 0.543. The summed E-state index contributed by atoms with van der Waals surface area (Å²) in [4.78, 5) is 6.23. The first-order chi connectivity index (χ1) is 10.2. The average Bonchev–Trinajstić information content (AvgIpc) is 2.86. The highest BCUT2D eigenvalue weighted by Gasteiger charge is 2.29. The Bertz CT molecular complexity index is 439. The molecule has 1 aliphatic heterocycles. The topological polar surface area (TPSA) is 34.2 Å². The largest absolute Gasteiger partial charge is 0.378 e. The molecule has 1 saturated heterocycles. The monoisotopic (exact) mass is 346 g/mol. The Kier molecular flexibility index (Phi) is 7.35. The van der Waals surface area contributed by atoms with Gasteiger partial charge < -0.3 is 10.1 Å². The number of hydrogen-bond donors (Lipinski definition) is 1. The predicted octanol–water partition coefficient (Wildman–Crippen LogP) is 4.09. The summed E-state index contributed by atoms with van der Waals surface area (Å²) in [7, 11) is 1.75. The molecule has 120 valence electrons. The van der Waals surface area contributed by atoms with Crippen molar-refractivity contribution in [2.45, 2.75) is 56.1 Å². The number of aromatic nitrogens is 1. The van der Waals surface area contributed by atoms with E-state index in [2.05, 4.69) is 49.6 Å². The first-order valence-electron chi connectivity index (χ1n) is 7.60. The Hall–Kier alpha value is 0.250. The Morgan fingerprint density at radius 2 is 2.14 bits per heavy atom. The van der Waals surface area contributed by atoms with Crippen molar-refractivity contribution in [2.24, 2.45) is 0 Å². The van der Waals surface area contributed by atoms with E-state index in [0.717, 1.165) is 30.5 Å². The molecule has 0 spiro atoms. The van der Waals surface area contributed by atoms with E-state index < -0.39 is 0 Å². The molecular weight excluding hydrogens is 320 g/mol. The van der Waals surface area contributed by atoms with Crippen LogP contribution in [0.25, 0.3) is 0 Å². The lowest BCUT2D eigenvalue weighted by Gasteiger charge is -2.30. The molecule has 21 heavy (non-hydrogen) atoms. The predicted molar refractivity (Wildman–Crippen MR) is 96.5 cm³/mol. The van der Waals surface area contributed by atoms with Crippen LogP contribution in [0.2, 0.25) is 0 Å². The summed E-state index contributed by atoms with van der Waals surface area (Å²) in [5.41, 5.74) is 1.12. The van der Waals surface area contributed by atoms with Gasteiger partial charge in [0.2, 0.25) is 0 Å². The van der Waals surface area contributed by atoms with Crippen LogP contribution in [0.3, 0.4) is 0 Å². The van der Waals surface area contributed by atoms with Gasteiger partial charge in [0.05, 0.1) is 17.6 Å². The fourth-order valence-electron chi connectivity index (χ4n) is 2.22. The lowest BCUT2D eigenvalue weighted by Crippen LogP contribution is -2.21. The normalized spacial score (nSPS) is 26.2. The zero-order valence-electron chi connectivity index (χ0n) is 13.3. The maximum absolute atomic E-state index is 5.32. The molecule has 0 aromatic carbocycles. The fourth-order valence-corrected chi connectivity index (χ4v) is 6.45. The fraction of sp³-hybridized carbons (Fsp3) is 0.800. The van der Waals surface area contributed by atoms with E-state index in [9.17, 15) is 0 Å². The molecule has 1 aliphatic rings.